The lowest BCUT2D eigenvalue weighted by Gasteiger charge is -2.18. The molecule has 0 unspecified atom stereocenters. The Morgan fingerprint density at radius 1 is 0.949 bits per heavy atom. The number of aromatic nitrogens is 3. The molecule has 0 saturated carbocycles. The minimum absolute atomic E-state index is 0.0419. The van der Waals surface area contributed by atoms with Crippen molar-refractivity contribution < 1.29 is 17.6 Å². The van der Waals surface area contributed by atoms with Crippen LogP contribution in [-0.4, -0.2) is 52.2 Å². The van der Waals surface area contributed by atoms with Gasteiger partial charge in [0.05, 0.1) is 16.2 Å². The van der Waals surface area contributed by atoms with Gasteiger partial charge in [-0.05, 0) is 48.4 Å². The summed E-state index contributed by atoms with van der Waals surface area (Å²) < 4.78 is 43.2. The molecule has 0 aliphatic heterocycles. The number of nitrogens with one attached hydrogen (secondary N) is 1. The Labute approximate surface area is 232 Å². The molecule has 0 saturated heterocycles. The predicted molar refractivity (Wildman–Crippen MR) is 151 cm³/mol. The number of hydrogen-bond donors (Lipinski definition) is 1. The highest BCUT2D eigenvalue weighted by Gasteiger charge is 2.22. The molecule has 0 spiro atoms. The monoisotopic (exact) mass is 567 g/mol. The largest absolute Gasteiger partial charge is 0.325 e. The summed E-state index contributed by atoms with van der Waals surface area (Å²) in [5, 5.41) is 11.8. The molecule has 0 aliphatic carbocycles. The highest BCUT2D eigenvalue weighted by molar-refractivity contribution is 7.99. The highest BCUT2D eigenvalue weighted by atomic mass is 32.2. The van der Waals surface area contributed by atoms with Crippen molar-refractivity contribution >= 4 is 33.4 Å². The van der Waals surface area contributed by atoms with Gasteiger partial charge in [-0.2, -0.15) is 4.31 Å². The quantitative estimate of drug-likeness (QED) is 0.240. The fraction of sp³-hybridized carbons (Fsp3) is 0.250. The number of benzene rings is 3. The Morgan fingerprint density at radius 3 is 2.28 bits per heavy atom. The van der Waals surface area contributed by atoms with E-state index in [4.69, 9.17) is 0 Å². The molecule has 0 bridgehead atoms. The van der Waals surface area contributed by atoms with E-state index in [2.05, 4.69) is 15.5 Å². The maximum atomic E-state index is 14.6. The average molecular weight is 568 g/mol. The summed E-state index contributed by atoms with van der Waals surface area (Å²) in [5.74, 6) is -0.242. The summed E-state index contributed by atoms with van der Waals surface area (Å²) in [4.78, 5) is 12.9. The van der Waals surface area contributed by atoms with E-state index >= 15 is 0 Å². The fourth-order valence-corrected chi connectivity index (χ4v) is 6.30. The zero-order valence-corrected chi connectivity index (χ0v) is 23.4. The van der Waals surface area contributed by atoms with E-state index in [1.54, 1.807) is 44.2 Å². The molecule has 0 atom stereocenters. The molecule has 0 fully saturated rings. The molecule has 8 nitrogen and oxygen atoms in total. The molecule has 4 rings (SSSR count). The normalized spacial score (nSPS) is 11.6. The van der Waals surface area contributed by atoms with Gasteiger partial charge in [-0.15, -0.1) is 10.2 Å². The SMILES string of the molecule is CCN(CC)S(=O)(=O)c1ccc(NC(=O)CSc2nnc(-c3ccccc3F)n2CCc2ccccc2)cc1. The number of hydrogen-bond acceptors (Lipinski definition) is 6. The van der Waals surface area contributed by atoms with Gasteiger partial charge in [0.2, 0.25) is 15.9 Å². The first-order valence-corrected chi connectivity index (χ1v) is 15.0. The summed E-state index contributed by atoms with van der Waals surface area (Å²) in [7, 11) is -3.57. The lowest BCUT2D eigenvalue weighted by molar-refractivity contribution is -0.113. The van der Waals surface area contributed by atoms with Crippen LogP contribution < -0.4 is 5.32 Å². The van der Waals surface area contributed by atoms with Crippen LogP contribution in [0.3, 0.4) is 0 Å². The first-order valence-electron chi connectivity index (χ1n) is 12.6. The number of thioether (sulfide) groups is 1. The second kappa shape index (κ2) is 13.0. The molecule has 1 aromatic heterocycles. The predicted octanol–water partition coefficient (Wildman–Crippen LogP) is 5.09. The van der Waals surface area contributed by atoms with Crippen LogP contribution in [-0.2, 0) is 27.8 Å². The van der Waals surface area contributed by atoms with E-state index in [0.29, 0.717) is 48.3 Å². The highest BCUT2D eigenvalue weighted by Crippen LogP contribution is 2.27. The molecule has 1 N–H and O–H groups in total. The number of aryl methyl sites for hydroxylation is 1. The summed E-state index contributed by atoms with van der Waals surface area (Å²) >= 11 is 1.20. The standard InChI is InChI=1S/C28H30FN5O3S2/c1-3-33(4-2)39(36,37)23-16-14-22(15-17-23)30-26(35)20-38-28-32-31-27(24-12-8-9-13-25(24)29)34(28)19-18-21-10-6-5-7-11-21/h5-17H,3-4,18-20H2,1-2H3,(H,30,35). The number of carbonyl (C=O) groups is 1. The van der Waals surface area contributed by atoms with Gasteiger partial charge in [-0.1, -0.05) is 68.1 Å². The van der Waals surface area contributed by atoms with Gasteiger partial charge in [0.15, 0.2) is 11.0 Å². The Hall–Kier alpha value is -3.54. The van der Waals surface area contributed by atoms with Gasteiger partial charge in [0, 0.05) is 25.3 Å². The lowest BCUT2D eigenvalue weighted by atomic mass is 10.1. The van der Waals surface area contributed by atoms with Crippen LogP contribution in [0.4, 0.5) is 10.1 Å². The van der Waals surface area contributed by atoms with Gasteiger partial charge in [-0.25, -0.2) is 12.8 Å². The van der Waals surface area contributed by atoms with Crippen LogP contribution in [0, 0.1) is 5.82 Å². The van der Waals surface area contributed by atoms with Crippen molar-refractivity contribution in [3.05, 3.63) is 90.2 Å². The maximum Gasteiger partial charge on any atom is 0.243 e. The van der Waals surface area contributed by atoms with Crippen molar-refractivity contribution in [3.63, 3.8) is 0 Å². The summed E-state index contributed by atoms with van der Waals surface area (Å²) in [6.07, 6.45) is 0.683. The van der Waals surface area contributed by atoms with E-state index in [9.17, 15) is 17.6 Å². The molecular formula is C28H30FN5O3S2. The summed E-state index contributed by atoms with van der Waals surface area (Å²) in [6.45, 7) is 4.84. The molecule has 11 heteroatoms. The first-order chi connectivity index (χ1) is 18.8. The number of anilines is 1. The average Bonchev–Trinajstić information content (AvgIpc) is 3.35. The van der Waals surface area contributed by atoms with Crippen molar-refractivity contribution in [3.8, 4) is 11.4 Å². The number of carbonyl (C=O) groups excluding carboxylic acids is 1. The zero-order chi connectivity index (χ0) is 27.8. The van der Waals surface area contributed by atoms with Gasteiger partial charge in [0.25, 0.3) is 0 Å². The molecule has 0 aliphatic rings. The topological polar surface area (TPSA) is 97.2 Å². The van der Waals surface area contributed by atoms with Crippen molar-refractivity contribution in [2.75, 3.05) is 24.2 Å². The Morgan fingerprint density at radius 2 is 1.62 bits per heavy atom. The van der Waals surface area contributed by atoms with Crippen molar-refractivity contribution in [1.82, 2.24) is 19.1 Å². The third kappa shape index (κ3) is 6.92. The Kier molecular flexibility index (Phi) is 9.50. The Bertz CT molecular complexity index is 1510. The Balaban J connectivity index is 1.46. The van der Waals surface area contributed by atoms with E-state index in [1.165, 1.54) is 34.3 Å². The van der Waals surface area contributed by atoms with Crippen LogP contribution in [0.5, 0.6) is 0 Å². The summed E-state index contributed by atoms with van der Waals surface area (Å²) in [6, 6.07) is 22.4. The number of rotatable bonds is 12. The van der Waals surface area contributed by atoms with Gasteiger partial charge >= 0.3 is 0 Å². The van der Waals surface area contributed by atoms with E-state index in [1.807, 2.05) is 34.9 Å². The summed E-state index contributed by atoms with van der Waals surface area (Å²) in [5.41, 5.74) is 1.94. The van der Waals surface area contributed by atoms with Gasteiger partial charge in [-0.3, -0.25) is 4.79 Å². The van der Waals surface area contributed by atoms with Crippen LogP contribution in [0.15, 0.2) is 88.9 Å². The molecule has 0 radical (unpaired) electrons. The molecule has 4 aromatic rings. The van der Waals surface area contributed by atoms with Crippen molar-refractivity contribution in [1.29, 1.82) is 0 Å². The van der Waals surface area contributed by atoms with E-state index in [-0.39, 0.29) is 16.6 Å². The van der Waals surface area contributed by atoms with E-state index < -0.39 is 15.8 Å². The van der Waals surface area contributed by atoms with Crippen LogP contribution in [0.2, 0.25) is 0 Å². The number of halogens is 1. The second-order valence-corrected chi connectivity index (χ2v) is 11.5. The molecule has 1 amide bonds. The second-order valence-electron chi connectivity index (χ2n) is 8.62. The lowest BCUT2D eigenvalue weighted by Crippen LogP contribution is -2.30. The minimum atomic E-state index is -3.57. The molecule has 39 heavy (non-hydrogen) atoms. The number of sulfonamides is 1. The first kappa shape index (κ1) is 28.5. The number of nitrogens with zero attached hydrogens (tertiary/aromatic N) is 4. The van der Waals surface area contributed by atoms with Crippen LogP contribution in [0.1, 0.15) is 19.4 Å². The van der Waals surface area contributed by atoms with Crippen molar-refractivity contribution in [2.24, 2.45) is 0 Å². The number of amides is 1. The molecule has 204 valence electrons. The maximum absolute atomic E-state index is 14.6. The van der Waals surface area contributed by atoms with Gasteiger partial charge in [0.1, 0.15) is 5.82 Å². The van der Waals surface area contributed by atoms with Crippen LogP contribution in [0.25, 0.3) is 11.4 Å². The molecule has 1 heterocycles. The zero-order valence-electron chi connectivity index (χ0n) is 21.7. The smallest absolute Gasteiger partial charge is 0.243 e. The minimum Gasteiger partial charge on any atom is -0.325 e. The fourth-order valence-electron chi connectivity index (χ4n) is 4.07. The molecular weight excluding hydrogens is 537 g/mol. The van der Waals surface area contributed by atoms with Crippen molar-refractivity contribution in [2.45, 2.75) is 36.9 Å². The molecule has 3 aromatic carbocycles. The van der Waals surface area contributed by atoms with E-state index in [0.717, 1.165) is 5.56 Å². The van der Waals surface area contributed by atoms with Gasteiger partial charge < -0.3 is 9.88 Å². The third-order valence-corrected chi connectivity index (χ3v) is 9.14. The third-order valence-electron chi connectivity index (χ3n) is 6.11. The van der Waals surface area contributed by atoms with Crippen LogP contribution >= 0.6 is 11.8 Å².